The lowest BCUT2D eigenvalue weighted by molar-refractivity contribution is -0.151. The minimum Gasteiger partial charge on any atom is -0.465 e. The van der Waals surface area contributed by atoms with Crippen LogP contribution >= 0.6 is 0 Å². The molecule has 0 aromatic rings. The van der Waals surface area contributed by atoms with E-state index in [9.17, 15) is 4.79 Å². The van der Waals surface area contributed by atoms with Gasteiger partial charge in [-0.15, -0.1) is 0 Å². The molecule has 1 fully saturated rings. The summed E-state index contributed by atoms with van der Waals surface area (Å²) >= 11 is 0. The number of carbonyl (C=O) groups is 1. The lowest BCUT2D eigenvalue weighted by atomic mass is 9.98. The Morgan fingerprint density at radius 2 is 2.06 bits per heavy atom. The Balaban J connectivity index is 2.47. The monoisotopic (exact) mass is 229 g/mol. The van der Waals surface area contributed by atoms with Crippen LogP contribution in [0.25, 0.3) is 0 Å². The molecular formula is C12H23NO3. The highest BCUT2D eigenvalue weighted by Crippen LogP contribution is 2.25. The zero-order chi connectivity index (χ0) is 12.0. The lowest BCUT2D eigenvalue weighted by Gasteiger charge is -2.28. The molecule has 0 spiro atoms. The highest BCUT2D eigenvalue weighted by molar-refractivity contribution is 5.80. The van der Waals surface area contributed by atoms with E-state index in [2.05, 4.69) is 5.32 Å². The van der Waals surface area contributed by atoms with Gasteiger partial charge in [0.05, 0.1) is 6.61 Å². The van der Waals surface area contributed by atoms with Crippen molar-refractivity contribution in [2.24, 2.45) is 0 Å². The van der Waals surface area contributed by atoms with E-state index in [0.29, 0.717) is 32.3 Å². The van der Waals surface area contributed by atoms with Crippen LogP contribution in [0.2, 0.25) is 0 Å². The lowest BCUT2D eigenvalue weighted by Crippen LogP contribution is -2.52. The zero-order valence-electron chi connectivity index (χ0n) is 10.5. The van der Waals surface area contributed by atoms with Gasteiger partial charge < -0.3 is 9.47 Å². The second-order valence-corrected chi connectivity index (χ2v) is 4.42. The van der Waals surface area contributed by atoms with Gasteiger partial charge >= 0.3 is 5.97 Å². The number of esters is 1. The quantitative estimate of drug-likeness (QED) is 0.506. The van der Waals surface area contributed by atoms with Crippen LogP contribution in [0.5, 0.6) is 0 Å². The number of hydrogen-bond acceptors (Lipinski definition) is 4. The predicted octanol–water partition coefficient (Wildman–Crippen LogP) is 1.49. The fraction of sp³-hybridized carbons (Fsp3) is 0.917. The van der Waals surface area contributed by atoms with Crippen LogP contribution < -0.4 is 5.32 Å². The molecule has 1 rings (SSSR count). The van der Waals surface area contributed by atoms with Gasteiger partial charge in [-0.2, -0.15) is 0 Å². The first-order valence-electron chi connectivity index (χ1n) is 6.15. The summed E-state index contributed by atoms with van der Waals surface area (Å²) in [7, 11) is 0. The molecule has 1 aliphatic rings. The first-order valence-corrected chi connectivity index (χ1v) is 6.15. The molecule has 4 heteroatoms. The molecule has 16 heavy (non-hydrogen) atoms. The highest BCUT2D eigenvalue weighted by Gasteiger charge is 2.39. The summed E-state index contributed by atoms with van der Waals surface area (Å²) in [6.07, 6.45) is 2.98. The van der Waals surface area contributed by atoms with Gasteiger partial charge in [-0.3, -0.25) is 10.1 Å². The summed E-state index contributed by atoms with van der Waals surface area (Å²) in [5.74, 6) is -0.165. The normalized spacial score (nSPS) is 19.2. The first kappa shape index (κ1) is 13.5. The van der Waals surface area contributed by atoms with E-state index < -0.39 is 5.54 Å². The molecule has 0 heterocycles. The number of rotatable bonds is 8. The van der Waals surface area contributed by atoms with E-state index >= 15 is 0 Å². The summed E-state index contributed by atoms with van der Waals surface area (Å²) < 4.78 is 10.4. The molecule has 0 aromatic heterocycles. The molecule has 0 amide bonds. The molecule has 1 unspecified atom stereocenters. The third kappa shape index (κ3) is 4.10. The van der Waals surface area contributed by atoms with Crippen molar-refractivity contribution in [2.45, 2.75) is 51.6 Å². The van der Waals surface area contributed by atoms with Gasteiger partial charge in [0.2, 0.25) is 0 Å². The highest BCUT2D eigenvalue weighted by atomic mass is 16.5. The third-order valence-electron chi connectivity index (χ3n) is 2.78. The maximum atomic E-state index is 11.9. The second-order valence-electron chi connectivity index (χ2n) is 4.42. The van der Waals surface area contributed by atoms with Crippen molar-refractivity contribution in [3.63, 3.8) is 0 Å². The van der Waals surface area contributed by atoms with Crippen molar-refractivity contribution in [1.29, 1.82) is 0 Å². The number of hydrogen-bond donors (Lipinski definition) is 1. The molecular weight excluding hydrogens is 206 g/mol. The summed E-state index contributed by atoms with van der Waals surface area (Å²) in [5.41, 5.74) is -0.591. The molecule has 1 saturated carbocycles. The van der Waals surface area contributed by atoms with Gasteiger partial charge in [-0.1, -0.05) is 0 Å². The molecule has 0 bridgehead atoms. The van der Waals surface area contributed by atoms with E-state index in [1.807, 2.05) is 20.8 Å². The van der Waals surface area contributed by atoms with E-state index in [0.717, 1.165) is 12.8 Å². The fourth-order valence-electron chi connectivity index (χ4n) is 1.62. The maximum Gasteiger partial charge on any atom is 0.326 e. The number of ether oxygens (including phenoxy) is 2. The standard InChI is InChI=1S/C12H23NO3/c1-4-15-9-8-12(3,11(14)16-5-2)13-10-6-7-10/h10,13H,4-9H2,1-3H3. The van der Waals surface area contributed by atoms with Crippen LogP contribution in [0.4, 0.5) is 0 Å². The Hall–Kier alpha value is -0.610. The van der Waals surface area contributed by atoms with Crippen LogP contribution in [-0.4, -0.2) is 37.4 Å². The Kier molecular flexibility index (Phi) is 5.22. The van der Waals surface area contributed by atoms with Gasteiger partial charge in [0.15, 0.2) is 0 Å². The van der Waals surface area contributed by atoms with Crippen LogP contribution in [0.1, 0.15) is 40.0 Å². The average molecular weight is 229 g/mol. The van der Waals surface area contributed by atoms with Crippen LogP contribution in [0.3, 0.4) is 0 Å². The topological polar surface area (TPSA) is 47.6 Å². The van der Waals surface area contributed by atoms with E-state index in [1.165, 1.54) is 0 Å². The van der Waals surface area contributed by atoms with Crippen molar-refractivity contribution >= 4 is 5.97 Å². The molecule has 1 N–H and O–H groups in total. The van der Waals surface area contributed by atoms with E-state index in [-0.39, 0.29) is 5.97 Å². The van der Waals surface area contributed by atoms with Crippen LogP contribution in [0, 0.1) is 0 Å². The molecule has 0 saturated heterocycles. The van der Waals surface area contributed by atoms with Crippen LogP contribution in [0.15, 0.2) is 0 Å². The third-order valence-corrected chi connectivity index (χ3v) is 2.78. The molecule has 0 aliphatic heterocycles. The van der Waals surface area contributed by atoms with Gasteiger partial charge in [0.1, 0.15) is 5.54 Å². The Morgan fingerprint density at radius 3 is 2.56 bits per heavy atom. The first-order chi connectivity index (χ1) is 7.62. The Morgan fingerprint density at radius 1 is 1.38 bits per heavy atom. The summed E-state index contributed by atoms with van der Waals surface area (Å²) in [5, 5.41) is 3.36. The molecule has 1 aliphatic carbocycles. The smallest absolute Gasteiger partial charge is 0.326 e. The molecule has 0 radical (unpaired) electrons. The number of carbonyl (C=O) groups excluding carboxylic acids is 1. The predicted molar refractivity (Wildman–Crippen MR) is 62.3 cm³/mol. The summed E-state index contributed by atoms with van der Waals surface area (Å²) in [6, 6.07) is 0.482. The van der Waals surface area contributed by atoms with Gasteiger partial charge in [0.25, 0.3) is 0 Å². The maximum absolute atomic E-state index is 11.9. The van der Waals surface area contributed by atoms with Crippen molar-refractivity contribution in [3.05, 3.63) is 0 Å². The SMILES string of the molecule is CCOCCC(C)(NC1CC1)C(=O)OCC. The van der Waals surface area contributed by atoms with Gasteiger partial charge in [-0.05, 0) is 40.0 Å². The minimum atomic E-state index is -0.591. The van der Waals surface area contributed by atoms with Crippen molar-refractivity contribution in [3.8, 4) is 0 Å². The largest absolute Gasteiger partial charge is 0.465 e. The fourth-order valence-corrected chi connectivity index (χ4v) is 1.62. The average Bonchev–Trinajstić information content (AvgIpc) is 3.02. The van der Waals surface area contributed by atoms with Crippen molar-refractivity contribution in [2.75, 3.05) is 19.8 Å². The van der Waals surface area contributed by atoms with E-state index in [1.54, 1.807) is 0 Å². The second kappa shape index (κ2) is 6.21. The molecule has 0 aromatic carbocycles. The Bertz CT molecular complexity index is 228. The Labute approximate surface area is 97.7 Å². The molecule has 1 atom stereocenters. The number of nitrogens with one attached hydrogen (secondary N) is 1. The van der Waals surface area contributed by atoms with Crippen molar-refractivity contribution < 1.29 is 14.3 Å². The van der Waals surface area contributed by atoms with Crippen molar-refractivity contribution in [1.82, 2.24) is 5.32 Å². The van der Waals surface area contributed by atoms with E-state index in [4.69, 9.17) is 9.47 Å². The molecule has 4 nitrogen and oxygen atoms in total. The van der Waals surface area contributed by atoms with Gasteiger partial charge in [-0.25, -0.2) is 0 Å². The van der Waals surface area contributed by atoms with Gasteiger partial charge in [0, 0.05) is 19.3 Å². The summed E-state index contributed by atoms with van der Waals surface area (Å²) in [6.45, 7) is 7.39. The minimum absolute atomic E-state index is 0.165. The zero-order valence-corrected chi connectivity index (χ0v) is 10.5. The molecule has 94 valence electrons. The van der Waals surface area contributed by atoms with Crippen LogP contribution in [-0.2, 0) is 14.3 Å². The summed E-state index contributed by atoms with van der Waals surface area (Å²) in [4.78, 5) is 11.9.